The second-order valence-electron chi connectivity index (χ2n) is 6.94. The normalized spacial score (nSPS) is 12.0. The Morgan fingerprint density at radius 2 is 1.68 bits per heavy atom. The molecule has 0 fully saturated rings. The monoisotopic (exact) mass is 423 g/mol. The van der Waals surface area contributed by atoms with Gasteiger partial charge in [0.2, 0.25) is 5.91 Å². The number of benzene rings is 1. The Morgan fingerprint density at radius 1 is 1.00 bits per heavy atom. The molecule has 0 saturated carbocycles. The fourth-order valence-electron chi connectivity index (χ4n) is 2.95. The molecule has 1 unspecified atom stereocenters. The lowest BCUT2D eigenvalue weighted by Gasteiger charge is -2.20. The molecule has 0 saturated heterocycles. The highest BCUT2D eigenvalue weighted by Crippen LogP contribution is 2.01. The number of nitrogens with one attached hydrogen (secondary N) is 3. The first kappa shape index (κ1) is 21.5. The van der Waals surface area contributed by atoms with Gasteiger partial charge in [0.15, 0.2) is 0 Å². The van der Waals surface area contributed by atoms with Crippen LogP contribution in [-0.4, -0.2) is 31.1 Å². The highest BCUT2D eigenvalue weighted by molar-refractivity contribution is 5.91. The zero-order chi connectivity index (χ0) is 22.4. The predicted octanol–water partition coefficient (Wildman–Crippen LogP) is -0.407. The van der Waals surface area contributed by atoms with Crippen LogP contribution < -0.4 is 27.8 Å². The molecule has 160 valence electrons. The fourth-order valence-corrected chi connectivity index (χ4v) is 2.95. The predicted molar refractivity (Wildman–Crippen MR) is 115 cm³/mol. The van der Waals surface area contributed by atoms with E-state index in [2.05, 4.69) is 15.3 Å². The number of carbonyl (C=O) groups excluding carboxylic acids is 1. The number of H-pyrrole nitrogens is 2. The first-order valence-corrected chi connectivity index (χ1v) is 9.45. The number of hydrogen-bond donors (Lipinski definition) is 3. The molecule has 3 N–H and O–H groups in total. The molecule has 1 aromatic carbocycles. The standard InChI is InChI=1S/C21H21N5O5/c1-14-11-26(21(31)24-19(14)29)13-16(12-25-10-9-18(28)23-20(25)30)22-17(27)8-7-15-5-3-2-4-6-15/h2-11,16H,12-13H2,1H3,(H,22,27)(H,23,28,30)(H,24,29,31)/b8-7+. The van der Waals surface area contributed by atoms with Crippen molar-refractivity contribution < 1.29 is 4.79 Å². The Morgan fingerprint density at radius 3 is 2.39 bits per heavy atom. The van der Waals surface area contributed by atoms with Crippen molar-refractivity contribution in [1.82, 2.24) is 24.4 Å². The van der Waals surface area contributed by atoms with Crippen molar-refractivity contribution in [3.05, 3.63) is 108 Å². The fraction of sp³-hybridized carbons (Fsp3) is 0.190. The van der Waals surface area contributed by atoms with Crippen LogP contribution in [0.2, 0.25) is 0 Å². The van der Waals surface area contributed by atoms with Gasteiger partial charge in [0, 0.05) is 43.2 Å². The maximum Gasteiger partial charge on any atom is 0.328 e. The molecule has 0 aliphatic rings. The summed E-state index contributed by atoms with van der Waals surface area (Å²) in [6.07, 6.45) is 5.67. The van der Waals surface area contributed by atoms with Gasteiger partial charge in [-0.2, -0.15) is 0 Å². The third-order valence-electron chi connectivity index (χ3n) is 4.49. The number of amides is 1. The summed E-state index contributed by atoms with van der Waals surface area (Å²) in [5.41, 5.74) is -1.15. The first-order chi connectivity index (χ1) is 14.8. The number of rotatable bonds is 7. The summed E-state index contributed by atoms with van der Waals surface area (Å²) in [4.78, 5) is 63.9. The van der Waals surface area contributed by atoms with E-state index in [-0.39, 0.29) is 13.1 Å². The van der Waals surface area contributed by atoms with E-state index < -0.39 is 34.4 Å². The van der Waals surface area contributed by atoms with E-state index in [1.807, 2.05) is 30.3 Å². The second kappa shape index (κ2) is 9.53. The van der Waals surface area contributed by atoms with Crippen LogP contribution in [0.3, 0.4) is 0 Å². The minimum absolute atomic E-state index is 0.00701. The SMILES string of the molecule is Cc1cn(CC(Cn2ccc(=O)[nH]c2=O)NC(=O)/C=C/c2ccccc2)c(=O)[nH]c1=O. The molecule has 3 rings (SSSR count). The Bertz CT molecular complexity index is 1330. The molecule has 0 radical (unpaired) electrons. The molecule has 0 aliphatic carbocycles. The molecule has 2 aromatic heterocycles. The number of carbonyl (C=O) groups is 1. The van der Waals surface area contributed by atoms with E-state index in [4.69, 9.17) is 0 Å². The molecule has 0 bridgehead atoms. The number of aromatic nitrogens is 4. The van der Waals surface area contributed by atoms with Gasteiger partial charge in [-0.3, -0.25) is 33.5 Å². The van der Waals surface area contributed by atoms with Crippen LogP contribution in [0.5, 0.6) is 0 Å². The summed E-state index contributed by atoms with van der Waals surface area (Å²) < 4.78 is 2.47. The van der Waals surface area contributed by atoms with Gasteiger partial charge in [-0.25, -0.2) is 9.59 Å². The molecular weight excluding hydrogens is 402 g/mol. The molecular formula is C21H21N5O5. The summed E-state index contributed by atoms with van der Waals surface area (Å²) in [5, 5.41) is 2.76. The molecule has 31 heavy (non-hydrogen) atoms. The molecule has 0 aliphatic heterocycles. The van der Waals surface area contributed by atoms with Crippen molar-refractivity contribution in [3.8, 4) is 0 Å². The minimum atomic E-state index is -0.695. The zero-order valence-corrected chi connectivity index (χ0v) is 16.7. The summed E-state index contributed by atoms with van der Waals surface area (Å²) in [7, 11) is 0. The summed E-state index contributed by atoms with van der Waals surface area (Å²) in [5.74, 6) is -0.430. The molecule has 2 heterocycles. The Labute approximate surface area is 175 Å². The Balaban J connectivity index is 1.85. The summed E-state index contributed by atoms with van der Waals surface area (Å²) in [6, 6.07) is 9.71. The average molecular weight is 423 g/mol. The van der Waals surface area contributed by atoms with Crippen molar-refractivity contribution in [2.24, 2.45) is 0 Å². The Kier molecular flexibility index (Phi) is 6.61. The van der Waals surface area contributed by atoms with Crippen LogP contribution >= 0.6 is 0 Å². The maximum absolute atomic E-state index is 12.5. The maximum atomic E-state index is 12.5. The van der Waals surface area contributed by atoms with Crippen LogP contribution in [-0.2, 0) is 17.9 Å². The van der Waals surface area contributed by atoms with Crippen LogP contribution in [0.25, 0.3) is 6.08 Å². The largest absolute Gasteiger partial charge is 0.346 e. The number of nitrogens with zero attached hydrogens (tertiary/aromatic N) is 2. The third-order valence-corrected chi connectivity index (χ3v) is 4.49. The van der Waals surface area contributed by atoms with Gasteiger partial charge in [-0.05, 0) is 18.6 Å². The van der Waals surface area contributed by atoms with Gasteiger partial charge in [-0.1, -0.05) is 30.3 Å². The second-order valence-corrected chi connectivity index (χ2v) is 6.94. The highest BCUT2D eigenvalue weighted by atomic mass is 16.2. The summed E-state index contributed by atoms with van der Waals surface area (Å²) in [6.45, 7) is 1.54. The zero-order valence-electron chi connectivity index (χ0n) is 16.7. The van der Waals surface area contributed by atoms with E-state index in [9.17, 15) is 24.0 Å². The number of aryl methyl sites for hydroxylation is 1. The number of aromatic amines is 2. The molecule has 10 heteroatoms. The smallest absolute Gasteiger partial charge is 0.328 e. The van der Waals surface area contributed by atoms with Crippen LogP contribution in [0.1, 0.15) is 11.1 Å². The quantitative estimate of drug-likeness (QED) is 0.444. The van der Waals surface area contributed by atoms with Gasteiger partial charge in [0.05, 0.1) is 6.04 Å². The van der Waals surface area contributed by atoms with Gasteiger partial charge in [0.1, 0.15) is 0 Å². The molecule has 10 nitrogen and oxygen atoms in total. The average Bonchev–Trinajstić information content (AvgIpc) is 2.73. The number of hydrogen-bond acceptors (Lipinski definition) is 5. The topological polar surface area (TPSA) is 139 Å². The molecule has 1 atom stereocenters. The van der Waals surface area contributed by atoms with E-state index >= 15 is 0 Å². The lowest BCUT2D eigenvalue weighted by atomic mass is 10.2. The van der Waals surface area contributed by atoms with Crippen molar-refractivity contribution in [3.63, 3.8) is 0 Å². The third kappa shape index (κ3) is 5.89. The van der Waals surface area contributed by atoms with Crippen molar-refractivity contribution >= 4 is 12.0 Å². The lowest BCUT2D eigenvalue weighted by Crippen LogP contribution is -2.45. The van der Waals surface area contributed by atoms with Crippen molar-refractivity contribution in [2.45, 2.75) is 26.1 Å². The minimum Gasteiger partial charge on any atom is -0.346 e. The van der Waals surface area contributed by atoms with E-state index in [0.29, 0.717) is 5.56 Å². The lowest BCUT2D eigenvalue weighted by molar-refractivity contribution is -0.117. The van der Waals surface area contributed by atoms with Gasteiger partial charge in [0.25, 0.3) is 11.1 Å². The molecule has 1 amide bonds. The summed E-state index contributed by atoms with van der Waals surface area (Å²) >= 11 is 0. The van der Waals surface area contributed by atoms with Gasteiger partial charge in [-0.15, -0.1) is 0 Å². The van der Waals surface area contributed by atoms with E-state index in [0.717, 1.165) is 5.56 Å². The molecule has 3 aromatic rings. The highest BCUT2D eigenvalue weighted by Gasteiger charge is 2.15. The van der Waals surface area contributed by atoms with Crippen LogP contribution in [0.4, 0.5) is 0 Å². The van der Waals surface area contributed by atoms with Crippen LogP contribution in [0.15, 0.2) is 74.0 Å². The molecule has 0 spiro atoms. The van der Waals surface area contributed by atoms with Gasteiger partial charge < -0.3 is 5.32 Å². The first-order valence-electron chi connectivity index (χ1n) is 9.45. The Hall–Kier alpha value is -4.21. The van der Waals surface area contributed by atoms with E-state index in [1.165, 1.54) is 33.7 Å². The van der Waals surface area contributed by atoms with Gasteiger partial charge >= 0.3 is 11.4 Å². The van der Waals surface area contributed by atoms with Crippen molar-refractivity contribution in [1.29, 1.82) is 0 Å². The van der Waals surface area contributed by atoms with E-state index in [1.54, 1.807) is 13.0 Å². The van der Waals surface area contributed by atoms with Crippen molar-refractivity contribution in [2.75, 3.05) is 0 Å². The van der Waals surface area contributed by atoms with Crippen LogP contribution in [0, 0.1) is 6.92 Å².